The van der Waals surface area contributed by atoms with E-state index >= 15 is 0 Å². The number of ketones is 1. The van der Waals surface area contributed by atoms with E-state index in [1.807, 2.05) is 0 Å². The minimum atomic E-state index is -4.97. The fraction of sp³-hybridized carbons (Fsp3) is 0.286. The molecule has 29 heavy (non-hydrogen) atoms. The van der Waals surface area contributed by atoms with Gasteiger partial charge in [0.05, 0.1) is 17.2 Å². The number of alkyl halides is 6. The third kappa shape index (κ3) is 4.87. The van der Waals surface area contributed by atoms with Crippen molar-refractivity contribution in [1.29, 1.82) is 0 Å². The van der Waals surface area contributed by atoms with Crippen molar-refractivity contribution in [3.05, 3.63) is 76.4 Å². The average molecular weight is 414 g/mol. The molecule has 1 fully saturated rings. The highest BCUT2D eigenvalue weighted by molar-refractivity contribution is 6.01. The molecule has 1 saturated carbocycles. The highest BCUT2D eigenvalue weighted by Gasteiger charge is 2.39. The predicted molar refractivity (Wildman–Crippen MR) is 93.9 cm³/mol. The molecule has 1 aliphatic carbocycles. The van der Waals surface area contributed by atoms with E-state index in [9.17, 15) is 36.2 Å². The number of carbonyl (C=O) groups is 1. The zero-order chi connectivity index (χ0) is 21.4. The summed E-state index contributed by atoms with van der Waals surface area (Å²) in [6.45, 7) is 0. The number of benzene rings is 2. The molecule has 1 N–H and O–H groups in total. The van der Waals surface area contributed by atoms with Gasteiger partial charge < -0.3 is 5.11 Å². The predicted octanol–water partition coefficient (Wildman–Crippen LogP) is 5.62. The molecule has 2 aromatic carbocycles. The van der Waals surface area contributed by atoms with Crippen LogP contribution in [0.2, 0.25) is 0 Å². The summed E-state index contributed by atoms with van der Waals surface area (Å²) in [4.78, 5) is 12.5. The van der Waals surface area contributed by atoms with E-state index in [1.54, 1.807) is 30.3 Å². The average Bonchev–Trinajstić information content (AvgIpc) is 2.63. The highest BCUT2D eigenvalue weighted by Crippen LogP contribution is 2.41. The first kappa shape index (κ1) is 21.1. The van der Waals surface area contributed by atoms with Crippen molar-refractivity contribution in [2.75, 3.05) is 0 Å². The third-order valence-corrected chi connectivity index (χ3v) is 4.82. The summed E-state index contributed by atoms with van der Waals surface area (Å²) in [5, 5.41) is 10.4. The quantitative estimate of drug-likeness (QED) is 0.512. The van der Waals surface area contributed by atoms with Crippen molar-refractivity contribution in [2.24, 2.45) is 0 Å². The number of hydrogen-bond acceptors (Lipinski definition) is 2. The Morgan fingerprint density at radius 1 is 0.897 bits per heavy atom. The summed E-state index contributed by atoms with van der Waals surface area (Å²) in [5.41, 5.74) is -2.38. The molecular weight excluding hydrogens is 398 g/mol. The Morgan fingerprint density at radius 2 is 1.45 bits per heavy atom. The molecule has 0 aliphatic heterocycles. The molecule has 2 atom stereocenters. The van der Waals surface area contributed by atoms with E-state index in [4.69, 9.17) is 0 Å². The molecule has 2 unspecified atom stereocenters. The molecule has 0 saturated heterocycles. The molecule has 2 aromatic rings. The van der Waals surface area contributed by atoms with Crippen LogP contribution in [0, 0.1) is 0 Å². The molecule has 8 heteroatoms. The summed E-state index contributed by atoms with van der Waals surface area (Å²) in [6, 6.07) is 9.93. The van der Waals surface area contributed by atoms with Crippen LogP contribution in [-0.4, -0.2) is 17.0 Å². The zero-order valence-corrected chi connectivity index (χ0v) is 14.9. The Kier molecular flexibility index (Phi) is 5.58. The van der Waals surface area contributed by atoms with Gasteiger partial charge in [0.15, 0.2) is 5.78 Å². The van der Waals surface area contributed by atoms with Gasteiger partial charge in [0.25, 0.3) is 0 Å². The molecule has 1 aliphatic rings. The number of aliphatic hydroxyl groups is 1. The summed E-state index contributed by atoms with van der Waals surface area (Å²) in [5.74, 6) is -1.46. The first-order valence-electron chi connectivity index (χ1n) is 8.72. The van der Waals surface area contributed by atoms with Gasteiger partial charge in [-0.15, -0.1) is 0 Å². The number of Topliss-reactive ketones (excluding diaryl/α,β-unsaturated/α-hetero) is 1. The molecule has 0 heterocycles. The minimum absolute atomic E-state index is 0.0469. The Balaban J connectivity index is 1.95. The van der Waals surface area contributed by atoms with Crippen LogP contribution in [0.25, 0.3) is 6.08 Å². The standard InChI is InChI=1S/C21H16F6O2/c22-20(23,24)15-7-13(8-16(11-15)21(25,26)27)14-9-18(28)17(19(29)10-14)6-12-4-2-1-3-5-12/h1-8,11,14,18,28H,9-10H2. The summed E-state index contributed by atoms with van der Waals surface area (Å²) in [7, 11) is 0. The van der Waals surface area contributed by atoms with Crippen LogP contribution in [0.15, 0.2) is 54.1 Å². The first-order valence-corrected chi connectivity index (χ1v) is 8.72. The smallest absolute Gasteiger partial charge is 0.388 e. The third-order valence-electron chi connectivity index (χ3n) is 4.82. The molecule has 0 amide bonds. The Hall–Kier alpha value is -2.61. The molecule has 154 valence electrons. The SMILES string of the molecule is O=C1CC(c2cc(C(F)(F)F)cc(C(F)(F)F)c2)CC(O)C1=Cc1ccccc1. The van der Waals surface area contributed by atoms with Gasteiger partial charge in [-0.3, -0.25) is 4.79 Å². The Labute approximate surface area is 162 Å². The Bertz CT molecular complexity index is 896. The topological polar surface area (TPSA) is 37.3 Å². The van der Waals surface area contributed by atoms with Gasteiger partial charge in [0, 0.05) is 12.0 Å². The van der Waals surface area contributed by atoms with Gasteiger partial charge in [-0.05, 0) is 47.7 Å². The number of carbonyl (C=O) groups excluding carboxylic acids is 1. The first-order chi connectivity index (χ1) is 13.4. The zero-order valence-electron chi connectivity index (χ0n) is 14.9. The van der Waals surface area contributed by atoms with Crippen LogP contribution in [0.1, 0.15) is 41.0 Å². The van der Waals surface area contributed by atoms with Crippen molar-refractivity contribution in [3.63, 3.8) is 0 Å². The fourth-order valence-electron chi connectivity index (χ4n) is 3.38. The number of halogens is 6. The van der Waals surface area contributed by atoms with Crippen LogP contribution >= 0.6 is 0 Å². The van der Waals surface area contributed by atoms with Crippen LogP contribution in [0.4, 0.5) is 26.3 Å². The van der Waals surface area contributed by atoms with Crippen LogP contribution in [0.5, 0.6) is 0 Å². The summed E-state index contributed by atoms with van der Waals surface area (Å²) < 4.78 is 78.4. The summed E-state index contributed by atoms with van der Waals surface area (Å²) in [6.07, 6.45) is -10.2. The van der Waals surface area contributed by atoms with Crippen LogP contribution in [0.3, 0.4) is 0 Å². The largest absolute Gasteiger partial charge is 0.416 e. The monoisotopic (exact) mass is 414 g/mol. The summed E-state index contributed by atoms with van der Waals surface area (Å²) >= 11 is 0. The number of rotatable bonds is 2. The molecule has 0 spiro atoms. The second-order valence-electron chi connectivity index (χ2n) is 6.93. The van der Waals surface area contributed by atoms with E-state index in [0.717, 1.165) is 0 Å². The fourth-order valence-corrected chi connectivity index (χ4v) is 3.38. The maximum absolute atomic E-state index is 13.1. The van der Waals surface area contributed by atoms with Crippen molar-refractivity contribution in [2.45, 2.75) is 37.2 Å². The Morgan fingerprint density at radius 3 is 1.93 bits per heavy atom. The van der Waals surface area contributed by atoms with Gasteiger partial charge in [-0.25, -0.2) is 0 Å². The minimum Gasteiger partial charge on any atom is -0.388 e. The van der Waals surface area contributed by atoms with Crippen LogP contribution < -0.4 is 0 Å². The molecular formula is C21H16F6O2. The second kappa shape index (κ2) is 7.67. The van der Waals surface area contributed by atoms with E-state index in [1.165, 1.54) is 6.08 Å². The van der Waals surface area contributed by atoms with E-state index < -0.39 is 41.3 Å². The highest BCUT2D eigenvalue weighted by atomic mass is 19.4. The van der Waals surface area contributed by atoms with Gasteiger partial charge in [0.1, 0.15) is 0 Å². The molecule has 0 bridgehead atoms. The second-order valence-corrected chi connectivity index (χ2v) is 6.93. The van der Waals surface area contributed by atoms with E-state index in [-0.39, 0.29) is 30.0 Å². The van der Waals surface area contributed by atoms with Crippen LogP contribution in [-0.2, 0) is 17.1 Å². The van der Waals surface area contributed by atoms with Crippen molar-refractivity contribution in [3.8, 4) is 0 Å². The van der Waals surface area contributed by atoms with E-state index in [2.05, 4.69) is 0 Å². The van der Waals surface area contributed by atoms with Gasteiger partial charge in [0.2, 0.25) is 0 Å². The lowest BCUT2D eigenvalue weighted by atomic mass is 9.78. The molecule has 0 aromatic heterocycles. The maximum atomic E-state index is 13.1. The van der Waals surface area contributed by atoms with Crippen molar-refractivity contribution >= 4 is 11.9 Å². The lowest BCUT2D eigenvalue weighted by Gasteiger charge is -2.28. The van der Waals surface area contributed by atoms with Gasteiger partial charge in [-0.2, -0.15) is 26.3 Å². The maximum Gasteiger partial charge on any atom is 0.416 e. The van der Waals surface area contributed by atoms with Crippen molar-refractivity contribution < 1.29 is 36.2 Å². The number of hydrogen-bond donors (Lipinski definition) is 1. The molecule has 3 rings (SSSR count). The molecule has 2 nitrogen and oxygen atoms in total. The lowest BCUT2D eigenvalue weighted by molar-refractivity contribution is -0.143. The number of aliphatic hydroxyl groups excluding tert-OH is 1. The van der Waals surface area contributed by atoms with Crippen molar-refractivity contribution in [1.82, 2.24) is 0 Å². The lowest BCUT2D eigenvalue weighted by Crippen LogP contribution is -2.29. The van der Waals surface area contributed by atoms with Gasteiger partial charge in [-0.1, -0.05) is 30.3 Å². The molecule has 0 radical (unpaired) electrons. The normalized spacial score (nSPS) is 22.2. The van der Waals surface area contributed by atoms with E-state index in [0.29, 0.717) is 17.7 Å². The van der Waals surface area contributed by atoms with Gasteiger partial charge >= 0.3 is 12.4 Å².